The maximum atomic E-state index is 12.7. The van der Waals surface area contributed by atoms with Crippen molar-refractivity contribution in [3.05, 3.63) is 5.82 Å². The van der Waals surface area contributed by atoms with Gasteiger partial charge in [0.2, 0.25) is 24.1 Å². The Morgan fingerprint density at radius 1 is 1.45 bits per heavy atom. The molecule has 2 fully saturated rings. The van der Waals surface area contributed by atoms with Crippen molar-refractivity contribution < 1.29 is 34.2 Å². The van der Waals surface area contributed by atoms with Gasteiger partial charge in [0.1, 0.15) is 16.2 Å². The number of nitrogens with two attached hydrogens (primary N) is 1. The molecular weight excluding hydrogens is 472 g/mol. The van der Waals surface area contributed by atoms with Crippen LogP contribution in [0, 0.1) is 0 Å². The maximum absolute atomic E-state index is 12.7. The van der Waals surface area contributed by atoms with Gasteiger partial charge in [-0.2, -0.15) is 9.36 Å². The number of β-lactam (4-membered cyclic amide) rings is 1. The van der Waals surface area contributed by atoms with Crippen molar-refractivity contribution in [2.24, 2.45) is 5.16 Å². The molecule has 1 aromatic heterocycles. The average molecular weight is 491 g/mol. The first-order valence-corrected chi connectivity index (χ1v) is 11.6. The van der Waals surface area contributed by atoms with Gasteiger partial charge < -0.3 is 31.0 Å². The van der Waals surface area contributed by atoms with Crippen LogP contribution in [-0.2, 0) is 24.0 Å². The van der Waals surface area contributed by atoms with Gasteiger partial charge in [-0.3, -0.25) is 14.4 Å². The SMILES string of the molecule is CCSC1(C(=O)O)CS[C@@H]2C(NC(=O)C(=NOCC(=O)O)c3nsc(N)n3)C(=O)N2C1. The van der Waals surface area contributed by atoms with Crippen LogP contribution in [0.4, 0.5) is 5.13 Å². The third-order valence-corrected chi connectivity index (χ3v) is 7.91. The van der Waals surface area contributed by atoms with Crippen molar-refractivity contribution in [2.75, 3.05) is 30.4 Å². The third kappa shape index (κ3) is 4.69. The molecule has 0 aromatic carbocycles. The highest BCUT2D eigenvalue weighted by Crippen LogP contribution is 2.43. The number of anilines is 1. The minimum atomic E-state index is -1.30. The number of amides is 2. The summed E-state index contributed by atoms with van der Waals surface area (Å²) in [6.45, 7) is 1.09. The van der Waals surface area contributed by atoms with Crippen LogP contribution in [0.5, 0.6) is 0 Å². The number of carbonyl (C=O) groups excluding carboxylic acids is 2. The number of hydrogen-bond donors (Lipinski definition) is 4. The molecule has 2 aliphatic heterocycles. The number of carboxylic acid groups (broad SMARTS) is 2. The maximum Gasteiger partial charge on any atom is 0.344 e. The molecule has 3 atom stereocenters. The van der Waals surface area contributed by atoms with Crippen molar-refractivity contribution in [1.29, 1.82) is 0 Å². The second kappa shape index (κ2) is 9.27. The zero-order valence-electron chi connectivity index (χ0n) is 16.0. The van der Waals surface area contributed by atoms with E-state index in [1.54, 1.807) is 0 Å². The van der Waals surface area contributed by atoms with Crippen LogP contribution in [0.2, 0.25) is 0 Å². The highest BCUT2D eigenvalue weighted by Gasteiger charge is 2.57. The molecule has 1 aromatic rings. The van der Waals surface area contributed by atoms with Crippen LogP contribution in [0.25, 0.3) is 0 Å². The van der Waals surface area contributed by atoms with E-state index in [4.69, 9.17) is 10.8 Å². The monoisotopic (exact) mass is 490 g/mol. The van der Waals surface area contributed by atoms with E-state index in [0.717, 1.165) is 11.5 Å². The number of nitrogens with one attached hydrogen (secondary N) is 1. The van der Waals surface area contributed by atoms with E-state index < -0.39 is 52.2 Å². The van der Waals surface area contributed by atoms with Crippen LogP contribution in [0.15, 0.2) is 5.16 Å². The molecule has 2 saturated heterocycles. The number of aromatic nitrogens is 2. The van der Waals surface area contributed by atoms with E-state index in [1.165, 1.54) is 28.4 Å². The van der Waals surface area contributed by atoms with Crippen molar-refractivity contribution >= 4 is 69.7 Å². The average Bonchev–Trinajstić information content (AvgIpc) is 3.14. The molecule has 31 heavy (non-hydrogen) atoms. The summed E-state index contributed by atoms with van der Waals surface area (Å²) in [4.78, 5) is 57.6. The number of aliphatic carboxylic acids is 2. The summed E-state index contributed by atoms with van der Waals surface area (Å²) in [6.07, 6.45) is 0. The van der Waals surface area contributed by atoms with E-state index in [0.29, 0.717) is 5.75 Å². The molecule has 0 spiro atoms. The van der Waals surface area contributed by atoms with Gasteiger partial charge in [-0.15, -0.1) is 23.5 Å². The van der Waals surface area contributed by atoms with E-state index in [1.807, 2.05) is 6.92 Å². The Kier molecular flexibility index (Phi) is 6.90. The number of rotatable bonds is 9. The molecule has 0 radical (unpaired) electrons. The molecule has 16 heteroatoms. The Morgan fingerprint density at radius 2 is 2.19 bits per heavy atom. The molecule has 2 unspecified atom stereocenters. The number of oxime groups is 1. The fourth-order valence-corrected chi connectivity index (χ4v) is 6.25. The summed E-state index contributed by atoms with van der Waals surface area (Å²) in [6, 6.07) is -0.906. The summed E-state index contributed by atoms with van der Waals surface area (Å²) < 4.78 is 2.77. The van der Waals surface area contributed by atoms with E-state index in [-0.39, 0.29) is 23.3 Å². The summed E-state index contributed by atoms with van der Waals surface area (Å²) >= 11 is 3.34. The lowest BCUT2D eigenvalue weighted by atomic mass is 10.0. The predicted octanol–water partition coefficient (Wildman–Crippen LogP) is -1.10. The number of fused-ring (bicyclic) bond motifs is 1. The minimum Gasteiger partial charge on any atom is -0.480 e. The number of carboxylic acids is 2. The Balaban J connectivity index is 1.71. The largest absolute Gasteiger partial charge is 0.480 e. The summed E-state index contributed by atoms with van der Waals surface area (Å²) in [5.41, 5.74) is 5.10. The van der Waals surface area contributed by atoms with E-state index in [9.17, 15) is 24.3 Å². The Bertz CT molecular complexity index is 940. The van der Waals surface area contributed by atoms with Gasteiger partial charge in [-0.05, 0) is 5.75 Å². The highest BCUT2D eigenvalue weighted by atomic mass is 32.2. The molecule has 0 bridgehead atoms. The van der Waals surface area contributed by atoms with Gasteiger partial charge in [0.15, 0.2) is 5.13 Å². The van der Waals surface area contributed by atoms with Gasteiger partial charge in [0, 0.05) is 23.8 Å². The Labute approximate surface area is 187 Å². The van der Waals surface area contributed by atoms with Crippen molar-refractivity contribution in [1.82, 2.24) is 19.6 Å². The van der Waals surface area contributed by atoms with Crippen LogP contribution in [0.1, 0.15) is 12.7 Å². The zero-order chi connectivity index (χ0) is 22.8. The first kappa shape index (κ1) is 23.1. The van der Waals surface area contributed by atoms with Gasteiger partial charge >= 0.3 is 11.9 Å². The highest BCUT2D eigenvalue weighted by molar-refractivity contribution is 8.05. The number of thioether (sulfide) groups is 2. The summed E-state index contributed by atoms with van der Waals surface area (Å²) in [5, 5.41) is 23.9. The lowest BCUT2D eigenvalue weighted by Gasteiger charge is -2.53. The Hall–Kier alpha value is -2.59. The predicted molar refractivity (Wildman–Crippen MR) is 113 cm³/mol. The molecule has 2 amide bonds. The zero-order valence-corrected chi connectivity index (χ0v) is 18.5. The van der Waals surface area contributed by atoms with Crippen molar-refractivity contribution in [3.8, 4) is 0 Å². The first-order valence-electron chi connectivity index (χ1n) is 8.80. The fraction of sp³-hybridized carbons (Fsp3) is 0.533. The lowest BCUT2D eigenvalue weighted by Crippen LogP contribution is -2.74. The van der Waals surface area contributed by atoms with E-state index in [2.05, 4.69) is 24.7 Å². The quantitative estimate of drug-likeness (QED) is 0.185. The molecule has 0 aliphatic carbocycles. The molecular formula is C15H18N6O7S3. The van der Waals surface area contributed by atoms with Gasteiger partial charge in [-0.25, -0.2) is 4.79 Å². The molecule has 13 nitrogen and oxygen atoms in total. The van der Waals surface area contributed by atoms with E-state index >= 15 is 0 Å². The van der Waals surface area contributed by atoms with Gasteiger partial charge in [0.25, 0.3) is 5.91 Å². The fourth-order valence-electron chi connectivity index (χ4n) is 2.98. The minimum absolute atomic E-state index is 0.0382. The third-order valence-electron chi connectivity index (χ3n) is 4.36. The van der Waals surface area contributed by atoms with Gasteiger partial charge in [0.05, 0.1) is 0 Å². The standard InChI is InChI=1S/C15H18N6O7S3/c1-2-30-15(13(26)27)4-21-11(25)8(12(21)29-5-15)17-10(24)7(19-28-3-6(22)23)9-18-14(16)31-20-9/h8,12H,2-5H2,1H3,(H,17,24)(H,22,23)(H,26,27)(H2,16,18,20)/t8?,12-,15?/m1/s1. The molecule has 5 N–H and O–H groups in total. The van der Waals surface area contributed by atoms with Crippen LogP contribution >= 0.6 is 35.1 Å². The second-order valence-corrected chi connectivity index (χ2v) is 9.95. The topological polar surface area (TPSA) is 197 Å². The summed E-state index contributed by atoms with van der Waals surface area (Å²) in [5.74, 6) is -2.88. The van der Waals surface area contributed by atoms with Crippen molar-refractivity contribution in [2.45, 2.75) is 23.1 Å². The number of nitrogens with zero attached hydrogens (tertiary/aromatic N) is 4. The van der Waals surface area contributed by atoms with Crippen LogP contribution < -0.4 is 11.1 Å². The summed E-state index contributed by atoms with van der Waals surface area (Å²) in [7, 11) is 0. The molecule has 168 valence electrons. The molecule has 3 heterocycles. The normalized spacial score (nSPS) is 25.4. The molecule has 3 rings (SSSR count). The molecule has 2 aliphatic rings. The van der Waals surface area contributed by atoms with Gasteiger partial charge in [-0.1, -0.05) is 12.1 Å². The number of hydrogen-bond acceptors (Lipinski definition) is 12. The first-order chi connectivity index (χ1) is 14.7. The van der Waals surface area contributed by atoms with Crippen LogP contribution in [-0.4, -0.2) is 94.8 Å². The number of nitrogen functional groups attached to an aromatic ring is 1. The second-order valence-electron chi connectivity index (χ2n) is 6.41. The van der Waals surface area contributed by atoms with Crippen molar-refractivity contribution in [3.63, 3.8) is 0 Å². The van der Waals surface area contributed by atoms with Crippen LogP contribution in [0.3, 0.4) is 0 Å². The molecule has 0 saturated carbocycles. The number of carbonyl (C=O) groups is 4. The lowest BCUT2D eigenvalue weighted by molar-refractivity contribution is -0.151. The Morgan fingerprint density at radius 3 is 2.77 bits per heavy atom. The smallest absolute Gasteiger partial charge is 0.344 e.